The second kappa shape index (κ2) is 7.63. The number of hydrogen-bond acceptors (Lipinski definition) is 4. The lowest BCUT2D eigenvalue weighted by Gasteiger charge is -2.06. The Kier molecular flexibility index (Phi) is 5.57. The van der Waals surface area contributed by atoms with Gasteiger partial charge in [-0.3, -0.25) is 4.68 Å². The molecule has 0 radical (unpaired) electrons. The topological polar surface area (TPSA) is 53.4 Å². The molecule has 5 nitrogen and oxygen atoms in total. The molecular weight excluding hydrogens is 292 g/mol. The first-order chi connectivity index (χ1) is 11.0. The van der Waals surface area contributed by atoms with Gasteiger partial charge >= 0.3 is 5.97 Å². The van der Waals surface area contributed by atoms with Crippen LogP contribution in [0.3, 0.4) is 0 Å². The summed E-state index contributed by atoms with van der Waals surface area (Å²) in [7, 11) is 1.88. The molecule has 0 saturated heterocycles. The van der Waals surface area contributed by atoms with Crippen molar-refractivity contribution < 1.29 is 14.3 Å². The highest BCUT2D eigenvalue weighted by molar-refractivity contribution is 5.87. The van der Waals surface area contributed by atoms with Gasteiger partial charge in [-0.05, 0) is 44.5 Å². The van der Waals surface area contributed by atoms with Crippen LogP contribution in [0.2, 0.25) is 0 Å². The van der Waals surface area contributed by atoms with Crippen molar-refractivity contribution in [2.75, 3.05) is 13.2 Å². The molecule has 0 aliphatic carbocycles. The molecule has 0 aliphatic heterocycles. The zero-order chi connectivity index (χ0) is 16.8. The predicted molar refractivity (Wildman–Crippen MR) is 89.3 cm³/mol. The van der Waals surface area contributed by atoms with E-state index in [-0.39, 0.29) is 12.6 Å². The number of aryl methyl sites for hydroxylation is 3. The summed E-state index contributed by atoms with van der Waals surface area (Å²) in [6.07, 6.45) is 3.16. The van der Waals surface area contributed by atoms with E-state index < -0.39 is 0 Å². The van der Waals surface area contributed by atoms with Crippen LogP contribution < -0.4 is 4.74 Å². The first-order valence-corrected chi connectivity index (χ1v) is 7.52. The lowest BCUT2D eigenvalue weighted by atomic mass is 10.2. The van der Waals surface area contributed by atoms with Crippen LogP contribution in [0.5, 0.6) is 5.75 Å². The van der Waals surface area contributed by atoms with Gasteiger partial charge in [-0.15, -0.1) is 0 Å². The van der Waals surface area contributed by atoms with Gasteiger partial charge in [-0.2, -0.15) is 5.10 Å². The minimum Gasteiger partial charge on any atom is -0.490 e. The summed E-state index contributed by atoms with van der Waals surface area (Å²) in [6.45, 7) is 6.41. The molecular formula is C18H22N2O3. The molecule has 0 fully saturated rings. The van der Waals surface area contributed by atoms with E-state index >= 15 is 0 Å². The highest BCUT2D eigenvalue weighted by Crippen LogP contribution is 2.14. The molecule has 0 aliphatic rings. The highest BCUT2D eigenvalue weighted by atomic mass is 16.6. The predicted octanol–water partition coefficient (Wildman–Crippen LogP) is 2.98. The van der Waals surface area contributed by atoms with Gasteiger partial charge in [0.1, 0.15) is 19.0 Å². The number of esters is 1. The second-order valence-corrected chi connectivity index (χ2v) is 5.37. The molecule has 1 aromatic carbocycles. The SMILES string of the molecule is Cc1cccc(OCCOC(=O)/C=C/c2c(C)nn(C)c2C)c1. The smallest absolute Gasteiger partial charge is 0.330 e. The lowest BCUT2D eigenvalue weighted by Crippen LogP contribution is -2.10. The first kappa shape index (κ1) is 16.8. The summed E-state index contributed by atoms with van der Waals surface area (Å²) in [5.74, 6) is 0.388. The van der Waals surface area contributed by atoms with E-state index in [1.807, 2.05) is 52.1 Å². The summed E-state index contributed by atoms with van der Waals surface area (Å²) in [6, 6.07) is 7.75. The van der Waals surface area contributed by atoms with Gasteiger partial charge in [0.15, 0.2) is 0 Å². The number of nitrogens with zero attached hydrogens (tertiary/aromatic N) is 2. The normalized spacial score (nSPS) is 11.0. The quantitative estimate of drug-likeness (QED) is 0.467. The molecule has 0 atom stereocenters. The molecule has 0 saturated carbocycles. The highest BCUT2D eigenvalue weighted by Gasteiger charge is 2.06. The number of aromatic nitrogens is 2. The van der Waals surface area contributed by atoms with Gasteiger partial charge in [-0.25, -0.2) is 4.79 Å². The van der Waals surface area contributed by atoms with Gasteiger partial charge in [-0.1, -0.05) is 12.1 Å². The number of hydrogen-bond donors (Lipinski definition) is 0. The summed E-state index contributed by atoms with van der Waals surface area (Å²) in [5.41, 5.74) is 3.97. The Morgan fingerprint density at radius 3 is 2.70 bits per heavy atom. The van der Waals surface area contributed by atoms with Crippen LogP contribution >= 0.6 is 0 Å². The van der Waals surface area contributed by atoms with Crippen LogP contribution in [-0.2, 0) is 16.6 Å². The molecule has 2 aromatic rings. The first-order valence-electron chi connectivity index (χ1n) is 7.52. The monoisotopic (exact) mass is 314 g/mol. The van der Waals surface area contributed by atoms with E-state index in [0.29, 0.717) is 6.61 Å². The van der Waals surface area contributed by atoms with Gasteiger partial charge < -0.3 is 9.47 Å². The maximum atomic E-state index is 11.7. The Balaban J connectivity index is 1.78. The summed E-state index contributed by atoms with van der Waals surface area (Å²) in [5, 5.41) is 4.30. The molecule has 1 aromatic heterocycles. The average molecular weight is 314 g/mol. The van der Waals surface area contributed by atoms with Crippen molar-refractivity contribution in [1.29, 1.82) is 0 Å². The average Bonchev–Trinajstić information content (AvgIpc) is 2.75. The van der Waals surface area contributed by atoms with Gasteiger partial charge in [0.25, 0.3) is 0 Å². The lowest BCUT2D eigenvalue weighted by molar-refractivity contribution is -0.138. The van der Waals surface area contributed by atoms with E-state index in [1.54, 1.807) is 10.8 Å². The third-order valence-corrected chi connectivity index (χ3v) is 3.54. The molecule has 1 heterocycles. The molecule has 0 N–H and O–H groups in total. The van der Waals surface area contributed by atoms with Crippen molar-refractivity contribution in [3.05, 3.63) is 52.9 Å². The van der Waals surface area contributed by atoms with Crippen LogP contribution in [0.25, 0.3) is 6.08 Å². The van der Waals surface area contributed by atoms with Crippen LogP contribution in [0.15, 0.2) is 30.3 Å². The van der Waals surface area contributed by atoms with Gasteiger partial charge in [0.05, 0.1) is 5.69 Å². The zero-order valence-corrected chi connectivity index (χ0v) is 14.0. The molecule has 0 spiro atoms. The van der Waals surface area contributed by atoms with Crippen LogP contribution in [0, 0.1) is 20.8 Å². The van der Waals surface area contributed by atoms with Crippen molar-refractivity contribution in [1.82, 2.24) is 9.78 Å². The van der Waals surface area contributed by atoms with E-state index in [1.165, 1.54) is 6.08 Å². The number of carbonyl (C=O) groups is 1. The van der Waals surface area contributed by atoms with Gasteiger partial charge in [0, 0.05) is 24.4 Å². The minimum atomic E-state index is -0.388. The Labute approximate surface area is 136 Å². The van der Waals surface area contributed by atoms with E-state index in [9.17, 15) is 4.79 Å². The molecule has 5 heteroatoms. The second-order valence-electron chi connectivity index (χ2n) is 5.37. The third-order valence-electron chi connectivity index (χ3n) is 3.54. The van der Waals surface area contributed by atoms with Crippen LogP contribution in [0.4, 0.5) is 0 Å². The Morgan fingerprint density at radius 1 is 1.26 bits per heavy atom. The van der Waals surface area contributed by atoms with Crippen molar-refractivity contribution >= 4 is 12.0 Å². The molecule has 0 unspecified atom stereocenters. The fourth-order valence-electron chi connectivity index (χ4n) is 2.24. The fourth-order valence-corrected chi connectivity index (χ4v) is 2.24. The van der Waals surface area contributed by atoms with Crippen molar-refractivity contribution in [3.8, 4) is 5.75 Å². The number of rotatable bonds is 6. The van der Waals surface area contributed by atoms with Crippen LogP contribution in [-0.4, -0.2) is 29.0 Å². The largest absolute Gasteiger partial charge is 0.490 e. The molecule has 122 valence electrons. The maximum absolute atomic E-state index is 11.7. The maximum Gasteiger partial charge on any atom is 0.330 e. The molecule has 2 rings (SSSR count). The van der Waals surface area contributed by atoms with Crippen molar-refractivity contribution in [2.45, 2.75) is 20.8 Å². The third kappa shape index (κ3) is 4.71. The molecule has 0 bridgehead atoms. The standard InChI is InChI=1S/C18H22N2O3/c1-13-6-5-7-16(12-13)22-10-11-23-18(21)9-8-17-14(2)19-20(4)15(17)3/h5-9,12H,10-11H2,1-4H3/b9-8+. The van der Waals surface area contributed by atoms with Crippen molar-refractivity contribution in [3.63, 3.8) is 0 Å². The van der Waals surface area contributed by atoms with Gasteiger partial charge in [0.2, 0.25) is 0 Å². The Hall–Kier alpha value is -2.56. The van der Waals surface area contributed by atoms with Crippen LogP contribution in [0.1, 0.15) is 22.5 Å². The number of carbonyl (C=O) groups excluding carboxylic acids is 1. The summed E-state index contributed by atoms with van der Waals surface area (Å²) >= 11 is 0. The summed E-state index contributed by atoms with van der Waals surface area (Å²) < 4.78 is 12.4. The molecule has 0 amide bonds. The fraction of sp³-hybridized carbons (Fsp3) is 0.333. The Bertz CT molecular complexity index is 717. The minimum absolute atomic E-state index is 0.210. The van der Waals surface area contributed by atoms with E-state index in [0.717, 1.165) is 28.3 Å². The summed E-state index contributed by atoms with van der Waals surface area (Å²) in [4.78, 5) is 11.7. The van der Waals surface area contributed by atoms with Crippen molar-refractivity contribution in [2.24, 2.45) is 7.05 Å². The molecule has 23 heavy (non-hydrogen) atoms. The number of benzene rings is 1. The number of ether oxygens (including phenoxy) is 2. The Morgan fingerprint density at radius 2 is 2.04 bits per heavy atom. The van der Waals surface area contributed by atoms with E-state index in [2.05, 4.69) is 5.10 Å². The van der Waals surface area contributed by atoms with E-state index in [4.69, 9.17) is 9.47 Å². The zero-order valence-electron chi connectivity index (χ0n) is 14.0.